The van der Waals surface area contributed by atoms with Crippen LogP contribution in [0, 0.1) is 0 Å². The Labute approximate surface area is 192 Å². The predicted octanol–water partition coefficient (Wildman–Crippen LogP) is 1.12. The van der Waals surface area contributed by atoms with E-state index in [2.05, 4.69) is 0 Å². The quantitative estimate of drug-likeness (QED) is 0.364. The van der Waals surface area contributed by atoms with Gasteiger partial charge in [0.05, 0.1) is 40.9 Å². The molecule has 8 heteroatoms. The summed E-state index contributed by atoms with van der Waals surface area (Å²) in [5.41, 5.74) is 0.782. The normalized spacial score (nSPS) is 17.8. The fourth-order valence-electron chi connectivity index (χ4n) is 3.86. The molecule has 32 heavy (non-hydrogen) atoms. The van der Waals surface area contributed by atoms with Crippen LogP contribution in [0.3, 0.4) is 0 Å². The molecule has 2 aromatic carbocycles. The average Bonchev–Trinajstić information content (AvgIpc) is 3.02. The molecule has 1 aliphatic heterocycles. The zero-order valence-electron chi connectivity index (χ0n) is 18.6. The highest BCUT2D eigenvalue weighted by atomic mass is 35.5. The third-order valence-corrected chi connectivity index (χ3v) is 5.65. The molecule has 0 bridgehead atoms. The molecule has 0 aromatic heterocycles. The fourth-order valence-corrected chi connectivity index (χ4v) is 4.06. The van der Waals surface area contributed by atoms with Gasteiger partial charge in [-0.15, -0.1) is 0 Å². The molecule has 1 heterocycles. The van der Waals surface area contributed by atoms with Gasteiger partial charge in [0.2, 0.25) is 5.78 Å². The van der Waals surface area contributed by atoms with E-state index in [1.54, 1.807) is 36.4 Å². The predicted molar refractivity (Wildman–Crippen MR) is 120 cm³/mol. The Balaban J connectivity index is 2.12. The molecule has 7 nitrogen and oxygen atoms in total. The van der Waals surface area contributed by atoms with Crippen molar-refractivity contribution >= 4 is 29.1 Å². The first-order valence-corrected chi connectivity index (χ1v) is 10.7. The van der Waals surface area contributed by atoms with Crippen LogP contribution in [-0.4, -0.2) is 58.0 Å². The maximum atomic E-state index is 13.5. The zero-order chi connectivity index (χ0) is 23.4. The SMILES string of the molecule is COc1ccc(/C([O-])=C2\C(=O)C(=O)N(CCC[NH+](C)C)C2c2cccc(Cl)c2)cc1OC. The molecule has 1 amide bonds. The molecule has 1 N–H and O–H groups in total. The second kappa shape index (κ2) is 10.1. The van der Waals surface area contributed by atoms with Gasteiger partial charge in [-0.25, -0.2) is 0 Å². The van der Waals surface area contributed by atoms with Gasteiger partial charge in [-0.05, 0) is 35.4 Å². The number of halogens is 1. The summed E-state index contributed by atoms with van der Waals surface area (Å²) in [4.78, 5) is 28.7. The first kappa shape index (κ1) is 23.6. The summed E-state index contributed by atoms with van der Waals surface area (Å²) in [6, 6.07) is 10.8. The Bertz CT molecular complexity index is 1050. The van der Waals surface area contributed by atoms with E-state index in [4.69, 9.17) is 21.1 Å². The number of amides is 1. The van der Waals surface area contributed by atoms with Crippen molar-refractivity contribution in [1.29, 1.82) is 0 Å². The summed E-state index contributed by atoms with van der Waals surface area (Å²) in [6.07, 6.45) is 0.691. The number of methoxy groups -OCH3 is 2. The maximum Gasteiger partial charge on any atom is 0.295 e. The molecule has 0 radical (unpaired) electrons. The van der Waals surface area contributed by atoms with Crippen molar-refractivity contribution in [3.8, 4) is 11.5 Å². The molecule has 1 saturated heterocycles. The third kappa shape index (κ3) is 4.74. The van der Waals surface area contributed by atoms with Gasteiger partial charge in [-0.2, -0.15) is 0 Å². The van der Waals surface area contributed by atoms with Gasteiger partial charge in [-0.3, -0.25) is 9.59 Å². The number of ketones is 1. The van der Waals surface area contributed by atoms with Crippen LogP contribution in [0.4, 0.5) is 0 Å². The second-order valence-corrected chi connectivity index (χ2v) is 8.34. The van der Waals surface area contributed by atoms with Crippen molar-refractivity contribution in [2.24, 2.45) is 0 Å². The van der Waals surface area contributed by atoms with Crippen LogP contribution in [0.25, 0.3) is 5.76 Å². The van der Waals surface area contributed by atoms with Crippen molar-refractivity contribution in [3.63, 3.8) is 0 Å². The summed E-state index contributed by atoms with van der Waals surface area (Å²) >= 11 is 6.19. The van der Waals surface area contributed by atoms with Crippen molar-refractivity contribution in [2.75, 3.05) is 41.4 Å². The second-order valence-electron chi connectivity index (χ2n) is 7.91. The first-order chi connectivity index (χ1) is 15.3. The van der Waals surface area contributed by atoms with Crippen LogP contribution in [0.2, 0.25) is 5.02 Å². The van der Waals surface area contributed by atoms with E-state index in [9.17, 15) is 14.7 Å². The molecule has 0 spiro atoms. The van der Waals surface area contributed by atoms with Crippen LogP contribution in [0.5, 0.6) is 11.5 Å². The standard InChI is InChI=1S/C24H27ClN2O5/c1-26(2)11-6-12-27-21(15-7-5-8-17(25)13-15)20(23(29)24(27)30)22(28)16-9-10-18(31-3)19(14-16)32-4/h5,7-10,13-14,21,28H,6,11-12H2,1-4H3/b22-20+. The van der Waals surface area contributed by atoms with Crippen LogP contribution >= 0.6 is 11.6 Å². The van der Waals surface area contributed by atoms with Gasteiger partial charge in [0.1, 0.15) is 0 Å². The summed E-state index contributed by atoms with van der Waals surface area (Å²) < 4.78 is 10.5. The molecule has 1 fully saturated rings. The van der Waals surface area contributed by atoms with Gasteiger partial charge < -0.3 is 24.4 Å². The number of hydrogen-bond donors (Lipinski definition) is 1. The van der Waals surface area contributed by atoms with Crippen molar-refractivity contribution < 1.29 is 29.1 Å². The molecule has 0 aliphatic carbocycles. The summed E-state index contributed by atoms with van der Waals surface area (Å²) in [5, 5.41) is 14.0. The maximum absolute atomic E-state index is 13.5. The van der Waals surface area contributed by atoms with E-state index in [-0.39, 0.29) is 11.1 Å². The molecule has 3 rings (SSSR count). The van der Waals surface area contributed by atoms with E-state index >= 15 is 0 Å². The Morgan fingerprint density at radius 2 is 1.81 bits per heavy atom. The Kier molecular flexibility index (Phi) is 7.43. The Morgan fingerprint density at radius 3 is 2.44 bits per heavy atom. The summed E-state index contributed by atoms with van der Waals surface area (Å²) in [7, 11) is 7.00. The fraction of sp³-hybridized carbons (Fsp3) is 0.333. The molecular weight excluding hydrogens is 432 g/mol. The van der Waals surface area contributed by atoms with Gasteiger partial charge in [0, 0.05) is 23.6 Å². The molecule has 2 aromatic rings. The number of carbonyl (C=O) groups excluding carboxylic acids is 2. The number of quaternary nitrogens is 1. The van der Waals surface area contributed by atoms with Crippen LogP contribution in [0.15, 0.2) is 48.0 Å². The number of likely N-dealkylation sites (tertiary alicyclic amines) is 1. The van der Waals surface area contributed by atoms with Crippen LogP contribution < -0.4 is 19.5 Å². The number of ether oxygens (including phenoxy) is 2. The lowest BCUT2D eigenvalue weighted by atomic mass is 9.95. The Hall–Kier alpha value is -3.03. The number of nitrogens with one attached hydrogen (secondary N) is 1. The van der Waals surface area contributed by atoms with Gasteiger partial charge in [-0.1, -0.05) is 35.6 Å². The minimum atomic E-state index is -0.800. The molecule has 0 saturated carbocycles. The largest absolute Gasteiger partial charge is 0.872 e. The third-order valence-electron chi connectivity index (χ3n) is 5.42. The topological polar surface area (TPSA) is 83.3 Å². The highest BCUT2D eigenvalue weighted by Gasteiger charge is 2.44. The first-order valence-electron chi connectivity index (χ1n) is 10.3. The molecule has 1 atom stereocenters. The van der Waals surface area contributed by atoms with E-state index in [0.717, 1.165) is 6.54 Å². The number of Topliss-reactive ketones (excluding diaryl/α,β-unsaturated/α-hetero) is 1. The number of benzene rings is 2. The zero-order valence-corrected chi connectivity index (χ0v) is 19.4. The van der Waals surface area contributed by atoms with Gasteiger partial charge in [0.25, 0.3) is 5.91 Å². The monoisotopic (exact) mass is 458 g/mol. The van der Waals surface area contributed by atoms with Crippen molar-refractivity contribution in [3.05, 3.63) is 64.2 Å². The lowest BCUT2D eigenvalue weighted by Crippen LogP contribution is -3.05. The molecule has 1 unspecified atom stereocenters. The number of rotatable bonds is 8. The van der Waals surface area contributed by atoms with Crippen LogP contribution in [0.1, 0.15) is 23.6 Å². The summed E-state index contributed by atoms with van der Waals surface area (Å²) in [6.45, 7) is 1.18. The number of nitrogens with zero attached hydrogens (tertiary/aromatic N) is 1. The van der Waals surface area contributed by atoms with Crippen molar-refractivity contribution in [2.45, 2.75) is 12.5 Å². The van der Waals surface area contributed by atoms with Crippen molar-refractivity contribution in [1.82, 2.24) is 4.90 Å². The lowest BCUT2D eigenvalue weighted by Gasteiger charge is -2.28. The van der Waals surface area contributed by atoms with E-state index < -0.39 is 23.5 Å². The van der Waals surface area contributed by atoms with Crippen LogP contribution in [-0.2, 0) is 9.59 Å². The highest BCUT2D eigenvalue weighted by Crippen LogP contribution is 2.40. The van der Waals surface area contributed by atoms with Gasteiger partial charge >= 0.3 is 0 Å². The molecule has 170 valence electrons. The van der Waals surface area contributed by atoms with E-state index in [1.165, 1.54) is 30.1 Å². The molecule has 1 aliphatic rings. The average molecular weight is 459 g/mol. The Morgan fingerprint density at radius 1 is 1.09 bits per heavy atom. The summed E-state index contributed by atoms with van der Waals surface area (Å²) in [5.74, 6) is -1.16. The van der Waals surface area contributed by atoms with E-state index in [1.807, 2.05) is 14.1 Å². The minimum absolute atomic E-state index is 0.0818. The van der Waals surface area contributed by atoms with Gasteiger partial charge in [0.15, 0.2) is 11.5 Å². The smallest absolute Gasteiger partial charge is 0.295 e. The lowest BCUT2D eigenvalue weighted by molar-refractivity contribution is -0.858. The minimum Gasteiger partial charge on any atom is -0.872 e. The number of hydrogen-bond acceptors (Lipinski definition) is 5. The number of carbonyl (C=O) groups is 2. The molecular formula is C24H27ClN2O5. The highest BCUT2D eigenvalue weighted by molar-refractivity contribution is 6.46. The van der Waals surface area contributed by atoms with E-state index in [0.29, 0.717) is 35.1 Å².